The van der Waals surface area contributed by atoms with Gasteiger partial charge in [-0.25, -0.2) is 0 Å². The first kappa shape index (κ1) is 24.5. The molecule has 8 heteroatoms. The number of rotatable bonds is 8. The minimum Gasteiger partial charge on any atom is -0.357 e. The number of hydrogen-bond acceptors (Lipinski definition) is 4. The lowest BCUT2D eigenvalue weighted by atomic mass is 9.85. The molecule has 1 saturated carbocycles. The third-order valence-corrected chi connectivity index (χ3v) is 7.18. The van der Waals surface area contributed by atoms with E-state index in [0.29, 0.717) is 19.5 Å². The highest BCUT2D eigenvalue weighted by Crippen LogP contribution is 2.52. The Morgan fingerprint density at radius 1 is 1.13 bits per heavy atom. The molecule has 2 aliphatic carbocycles. The average molecular weight is 543 g/mol. The number of hydrogen-bond donors (Lipinski definition) is 2. The van der Waals surface area contributed by atoms with Crippen LogP contribution in [-0.4, -0.2) is 73.4 Å². The molecule has 2 aliphatic heterocycles. The van der Waals surface area contributed by atoms with Crippen LogP contribution < -0.4 is 10.6 Å². The van der Waals surface area contributed by atoms with Crippen LogP contribution >= 0.6 is 24.0 Å². The van der Waals surface area contributed by atoms with Gasteiger partial charge in [0, 0.05) is 39.3 Å². The summed E-state index contributed by atoms with van der Waals surface area (Å²) in [5.41, 5.74) is 0. The molecular weight excluding hydrogens is 505 g/mol. The second-order valence-electron chi connectivity index (χ2n) is 9.42. The number of piperidine rings is 1. The van der Waals surface area contributed by atoms with Crippen molar-refractivity contribution in [1.29, 1.82) is 0 Å². The molecule has 5 atom stereocenters. The molecule has 0 aromatic heterocycles. The number of nitrogens with zero attached hydrogens (tertiary/aromatic N) is 3. The lowest BCUT2D eigenvalue weighted by Gasteiger charge is -2.30. The summed E-state index contributed by atoms with van der Waals surface area (Å²) in [6.07, 6.45) is 8.62. The average Bonchev–Trinajstić information content (AvgIpc) is 3.40. The second kappa shape index (κ2) is 11.1. The van der Waals surface area contributed by atoms with Gasteiger partial charge in [0.05, 0.1) is 11.8 Å². The summed E-state index contributed by atoms with van der Waals surface area (Å²) in [5.74, 6) is 2.10. The monoisotopic (exact) mass is 543 g/mol. The molecule has 0 aromatic rings. The standard InChI is InChI=1S/C23H37N5O2.HI/c1-3-24-23(26-10-13-27-11-4-6-16(2)15-27)25-9-5-12-28-21(29)19-17-7-8-18(14-17)20(19)22(28)30;/h7-8,16-20H,3-6,9-15H2,1-2H3,(H2,24,25,26);1H. The maximum absolute atomic E-state index is 12.7. The molecule has 4 aliphatic rings. The van der Waals surface area contributed by atoms with Crippen molar-refractivity contribution < 1.29 is 9.59 Å². The highest BCUT2D eigenvalue weighted by Gasteiger charge is 2.58. The maximum atomic E-state index is 12.7. The number of guanidine groups is 1. The Morgan fingerprint density at radius 2 is 1.84 bits per heavy atom. The molecule has 2 N–H and O–H groups in total. The van der Waals surface area contributed by atoms with Crippen LogP contribution in [0.5, 0.6) is 0 Å². The van der Waals surface area contributed by atoms with E-state index in [4.69, 9.17) is 0 Å². The molecule has 4 rings (SSSR count). The number of aliphatic imine (C=N–C) groups is 1. The molecule has 3 fully saturated rings. The number of carbonyl (C=O) groups excluding carboxylic acids is 2. The highest BCUT2D eigenvalue weighted by molar-refractivity contribution is 14.0. The van der Waals surface area contributed by atoms with E-state index in [1.165, 1.54) is 30.8 Å². The maximum Gasteiger partial charge on any atom is 0.233 e. The molecule has 0 spiro atoms. The Labute approximate surface area is 203 Å². The SMILES string of the molecule is CCNC(=NCCCN1C(=O)C2C3C=CC(C3)C2C1=O)NCCN1CCCC(C)C1.I. The summed E-state index contributed by atoms with van der Waals surface area (Å²) < 4.78 is 0. The first-order valence-electron chi connectivity index (χ1n) is 11.9. The zero-order valence-electron chi connectivity index (χ0n) is 18.9. The number of nitrogens with one attached hydrogen (secondary N) is 2. The molecule has 2 saturated heterocycles. The lowest BCUT2D eigenvalue weighted by Crippen LogP contribution is -2.43. The van der Waals surface area contributed by atoms with E-state index in [1.54, 1.807) is 0 Å². The van der Waals surface area contributed by atoms with Crippen molar-refractivity contribution in [2.75, 3.05) is 45.8 Å². The van der Waals surface area contributed by atoms with Crippen molar-refractivity contribution in [1.82, 2.24) is 20.4 Å². The Hall–Kier alpha value is -1.16. The first-order chi connectivity index (χ1) is 14.6. The molecule has 2 bridgehead atoms. The summed E-state index contributed by atoms with van der Waals surface area (Å²) in [4.78, 5) is 34.2. The Morgan fingerprint density at radius 3 is 2.48 bits per heavy atom. The number of likely N-dealkylation sites (tertiary alicyclic amines) is 2. The van der Waals surface area contributed by atoms with Gasteiger partial charge in [-0.1, -0.05) is 19.1 Å². The summed E-state index contributed by atoms with van der Waals surface area (Å²) >= 11 is 0. The number of allylic oxidation sites excluding steroid dienone is 2. The predicted molar refractivity (Wildman–Crippen MR) is 133 cm³/mol. The van der Waals surface area contributed by atoms with Crippen molar-refractivity contribution in [2.45, 2.75) is 39.5 Å². The molecule has 31 heavy (non-hydrogen) atoms. The van der Waals surface area contributed by atoms with Crippen LogP contribution in [0.2, 0.25) is 0 Å². The van der Waals surface area contributed by atoms with Crippen molar-refractivity contribution >= 4 is 41.8 Å². The number of fused-ring (bicyclic) bond motifs is 5. The molecular formula is C23H38IN5O2. The van der Waals surface area contributed by atoms with Crippen LogP contribution in [0.3, 0.4) is 0 Å². The number of imide groups is 1. The van der Waals surface area contributed by atoms with Crippen molar-refractivity contribution in [3.8, 4) is 0 Å². The Kier molecular flexibility index (Phi) is 8.78. The van der Waals surface area contributed by atoms with Gasteiger partial charge in [0.15, 0.2) is 5.96 Å². The third-order valence-electron chi connectivity index (χ3n) is 7.18. The van der Waals surface area contributed by atoms with Gasteiger partial charge in [0.2, 0.25) is 11.8 Å². The van der Waals surface area contributed by atoms with Crippen LogP contribution in [-0.2, 0) is 9.59 Å². The normalized spacial score (nSPS) is 32.4. The molecule has 174 valence electrons. The fourth-order valence-corrected chi connectivity index (χ4v) is 5.77. The van der Waals surface area contributed by atoms with Crippen molar-refractivity contribution in [3.63, 3.8) is 0 Å². The predicted octanol–water partition coefficient (Wildman–Crippen LogP) is 2.09. The molecule has 5 unspecified atom stereocenters. The zero-order valence-corrected chi connectivity index (χ0v) is 21.2. The summed E-state index contributed by atoms with van der Waals surface area (Å²) in [7, 11) is 0. The smallest absolute Gasteiger partial charge is 0.233 e. The van der Waals surface area contributed by atoms with E-state index in [1.807, 2.05) is 0 Å². The van der Waals surface area contributed by atoms with Crippen LogP contribution in [0, 0.1) is 29.6 Å². The molecule has 2 amide bonds. The number of carbonyl (C=O) groups is 2. The topological polar surface area (TPSA) is 77.0 Å². The van der Waals surface area contributed by atoms with E-state index in [-0.39, 0.29) is 59.5 Å². The zero-order chi connectivity index (χ0) is 21.1. The van der Waals surface area contributed by atoms with Gasteiger partial charge in [0.25, 0.3) is 0 Å². The number of halogens is 1. The van der Waals surface area contributed by atoms with E-state index in [2.05, 4.69) is 46.5 Å². The minimum absolute atomic E-state index is 0. The Bertz CT molecular complexity index is 682. The third kappa shape index (κ3) is 5.43. The van der Waals surface area contributed by atoms with Gasteiger partial charge in [-0.3, -0.25) is 19.5 Å². The van der Waals surface area contributed by atoms with Crippen LogP contribution in [0.4, 0.5) is 0 Å². The van der Waals surface area contributed by atoms with Gasteiger partial charge in [-0.05, 0) is 56.9 Å². The van der Waals surface area contributed by atoms with E-state index < -0.39 is 0 Å². The molecule has 0 aromatic carbocycles. The van der Waals surface area contributed by atoms with Gasteiger partial charge < -0.3 is 15.5 Å². The van der Waals surface area contributed by atoms with Crippen molar-refractivity contribution in [3.05, 3.63) is 12.2 Å². The molecule has 0 radical (unpaired) electrons. The van der Waals surface area contributed by atoms with Gasteiger partial charge in [-0.2, -0.15) is 0 Å². The van der Waals surface area contributed by atoms with Crippen LogP contribution in [0.25, 0.3) is 0 Å². The summed E-state index contributed by atoms with van der Waals surface area (Å²) in [6, 6.07) is 0. The Balaban J connectivity index is 0.00000272. The van der Waals surface area contributed by atoms with Gasteiger partial charge >= 0.3 is 0 Å². The van der Waals surface area contributed by atoms with Gasteiger partial charge in [-0.15, -0.1) is 24.0 Å². The lowest BCUT2D eigenvalue weighted by molar-refractivity contribution is -0.140. The fourth-order valence-electron chi connectivity index (χ4n) is 5.77. The highest BCUT2D eigenvalue weighted by atomic mass is 127. The number of amides is 2. The minimum atomic E-state index is -0.0903. The summed E-state index contributed by atoms with van der Waals surface area (Å²) in [6.45, 7) is 10.6. The first-order valence-corrected chi connectivity index (χ1v) is 11.9. The van der Waals surface area contributed by atoms with Crippen LogP contribution in [0.1, 0.15) is 39.5 Å². The van der Waals surface area contributed by atoms with Gasteiger partial charge in [0.1, 0.15) is 0 Å². The largest absolute Gasteiger partial charge is 0.357 e. The van der Waals surface area contributed by atoms with E-state index >= 15 is 0 Å². The van der Waals surface area contributed by atoms with Crippen LogP contribution in [0.15, 0.2) is 17.1 Å². The molecule has 7 nitrogen and oxygen atoms in total. The van der Waals surface area contributed by atoms with E-state index in [0.717, 1.165) is 37.9 Å². The van der Waals surface area contributed by atoms with E-state index in [9.17, 15) is 9.59 Å². The van der Waals surface area contributed by atoms with Crippen molar-refractivity contribution in [2.24, 2.45) is 34.6 Å². The fraction of sp³-hybridized carbons (Fsp3) is 0.783. The second-order valence-corrected chi connectivity index (χ2v) is 9.42. The summed E-state index contributed by atoms with van der Waals surface area (Å²) in [5, 5.41) is 6.71. The quantitative estimate of drug-likeness (QED) is 0.123. The molecule has 2 heterocycles.